The van der Waals surface area contributed by atoms with Crippen LogP contribution in [-0.4, -0.2) is 88.0 Å². The molecule has 1 unspecified atom stereocenters. The molecule has 0 saturated heterocycles. The molecule has 7 nitrogen and oxygen atoms in total. The Morgan fingerprint density at radius 3 is 1.57 bits per heavy atom. The minimum Gasteiger partial charge on any atom is -0.394 e. The first-order valence-corrected chi connectivity index (χ1v) is 20.0. The van der Waals surface area contributed by atoms with Crippen LogP contribution >= 0.6 is 0 Å². The Bertz CT molecular complexity index is 925. The van der Waals surface area contributed by atoms with Crippen LogP contribution in [0, 0.1) is 5.82 Å². The number of ether oxygens (including phenoxy) is 1. The van der Waals surface area contributed by atoms with E-state index in [2.05, 4.69) is 12.2 Å². The van der Waals surface area contributed by atoms with Crippen LogP contribution in [0.2, 0.25) is 0 Å². The number of benzene rings is 1. The number of unbranched alkanes of at least 4 members (excludes halogenated alkanes) is 18. The highest BCUT2D eigenvalue weighted by Gasteiger charge is 2.42. The van der Waals surface area contributed by atoms with Gasteiger partial charge in [-0.1, -0.05) is 141 Å². The van der Waals surface area contributed by atoms with Gasteiger partial charge in [0.2, 0.25) is 0 Å². The number of aliphatic hydroxyl groups is 5. The van der Waals surface area contributed by atoms with Crippen molar-refractivity contribution in [2.24, 2.45) is 0 Å². The van der Waals surface area contributed by atoms with Gasteiger partial charge in [0.1, 0.15) is 24.1 Å². The molecule has 6 N–H and O–H groups in total. The van der Waals surface area contributed by atoms with Crippen LogP contribution in [0.3, 0.4) is 0 Å². The van der Waals surface area contributed by atoms with Crippen molar-refractivity contribution in [3.05, 3.63) is 35.6 Å². The van der Waals surface area contributed by atoms with Crippen molar-refractivity contribution in [2.45, 2.75) is 197 Å². The molecule has 300 valence electrons. The van der Waals surface area contributed by atoms with Gasteiger partial charge in [0.25, 0.3) is 0 Å². The lowest BCUT2D eigenvalue weighted by molar-refractivity contribution is -0.165. The molecule has 1 rings (SSSR count). The molecule has 0 aromatic heterocycles. The topological polar surface area (TPSA) is 122 Å². The Kier molecular flexibility index (Phi) is 28.1. The fourth-order valence-corrected chi connectivity index (χ4v) is 6.42. The molecule has 0 spiro atoms. The monoisotopic (exact) mass is 738 g/mol. The maximum absolute atomic E-state index is 14.1. The zero-order valence-electron chi connectivity index (χ0n) is 31.3. The molecule has 0 heterocycles. The summed E-state index contributed by atoms with van der Waals surface area (Å²) in [5.41, 5.74) is 1.11. The summed E-state index contributed by atoms with van der Waals surface area (Å²) in [5.74, 6) is -0.242. The van der Waals surface area contributed by atoms with Gasteiger partial charge in [-0.3, -0.25) is 5.32 Å². The molecule has 0 amide bonds. The predicted molar refractivity (Wildman–Crippen MR) is 196 cm³/mol. The predicted octanol–water partition coefficient (Wildman–Crippen LogP) is 8.31. The summed E-state index contributed by atoms with van der Waals surface area (Å²) in [5, 5.41) is 52.8. The second-order valence-electron chi connectivity index (χ2n) is 14.5. The van der Waals surface area contributed by atoms with Crippen molar-refractivity contribution in [3.8, 4) is 0 Å². The highest BCUT2D eigenvalue weighted by molar-refractivity contribution is 5.15. The van der Waals surface area contributed by atoms with Crippen molar-refractivity contribution in [2.75, 3.05) is 19.8 Å². The van der Waals surface area contributed by atoms with Crippen molar-refractivity contribution < 1.29 is 47.8 Å². The normalized spacial score (nSPS) is 15.8. The third kappa shape index (κ3) is 24.6. The van der Waals surface area contributed by atoms with Gasteiger partial charge in [-0.15, -0.1) is 0 Å². The van der Waals surface area contributed by atoms with Crippen LogP contribution in [0.25, 0.3) is 0 Å². The van der Waals surface area contributed by atoms with E-state index in [1.165, 1.54) is 57.1 Å². The zero-order chi connectivity index (χ0) is 37.7. The lowest BCUT2D eigenvalue weighted by Gasteiger charge is -2.33. The minimum atomic E-state index is -4.59. The number of aliphatic hydroxyl groups excluding tert-OH is 5. The quantitative estimate of drug-likeness (QED) is 0.0311. The molecule has 1 aromatic rings. The number of rotatable bonds is 34. The van der Waals surface area contributed by atoms with Gasteiger partial charge in [-0.05, 0) is 43.4 Å². The Balaban J connectivity index is 2.48. The number of nitrogens with one attached hydrogen (secondary N) is 1. The maximum Gasteiger partial charge on any atom is 0.403 e. The third-order valence-corrected chi connectivity index (χ3v) is 9.81. The molecular weight excluding hydrogens is 666 g/mol. The molecule has 1 aromatic carbocycles. The smallest absolute Gasteiger partial charge is 0.394 e. The lowest BCUT2D eigenvalue weighted by Crippen LogP contribution is -2.56. The molecule has 6 atom stereocenters. The number of aryl methyl sites for hydroxylation is 1. The molecule has 11 heteroatoms. The van der Waals surface area contributed by atoms with Crippen LogP contribution in [0.5, 0.6) is 0 Å². The van der Waals surface area contributed by atoms with Gasteiger partial charge in [0, 0.05) is 0 Å². The Morgan fingerprint density at radius 2 is 1.08 bits per heavy atom. The molecule has 0 aliphatic rings. The standard InChI is InChI=1S/C40H71F4NO6/c1-2-3-4-5-6-7-8-9-10-14-17-20-23-35(47)39(50)34(30-51-31-37(49)36(48)29-46)45-38(40(42,43)44)24-21-18-15-12-11-13-16-19-22-32-25-27-33(41)28-26-32/h25-28,34-39,45-50H,2-24,29-31H2,1H3/t34-,35+,36-,37-,38?,39-/m0/s1. The first kappa shape index (κ1) is 47.7. The number of halogens is 4. The van der Waals surface area contributed by atoms with E-state index >= 15 is 0 Å². The molecule has 51 heavy (non-hydrogen) atoms. The number of alkyl halides is 3. The van der Waals surface area contributed by atoms with Crippen LogP contribution in [-0.2, 0) is 11.2 Å². The van der Waals surface area contributed by atoms with E-state index < -0.39 is 62.5 Å². The van der Waals surface area contributed by atoms with Crippen LogP contribution in [0.15, 0.2) is 24.3 Å². The van der Waals surface area contributed by atoms with Gasteiger partial charge < -0.3 is 30.3 Å². The average molecular weight is 738 g/mol. The third-order valence-electron chi connectivity index (χ3n) is 9.81. The lowest BCUT2D eigenvalue weighted by atomic mass is 9.97. The number of hydrogen-bond acceptors (Lipinski definition) is 7. The van der Waals surface area contributed by atoms with Gasteiger partial charge in [-0.25, -0.2) is 4.39 Å². The van der Waals surface area contributed by atoms with Gasteiger partial charge in [0.05, 0.1) is 38.1 Å². The minimum absolute atomic E-state index is 0.189. The summed E-state index contributed by atoms with van der Waals surface area (Å²) in [6, 6.07) is 3.34. The van der Waals surface area contributed by atoms with E-state index in [1.54, 1.807) is 12.1 Å². The second kappa shape index (κ2) is 30.0. The summed E-state index contributed by atoms with van der Waals surface area (Å²) in [7, 11) is 0. The second-order valence-corrected chi connectivity index (χ2v) is 14.5. The van der Waals surface area contributed by atoms with E-state index in [-0.39, 0.29) is 18.7 Å². The van der Waals surface area contributed by atoms with E-state index in [0.29, 0.717) is 19.3 Å². The Labute approximate surface area is 305 Å². The molecular formula is C40H71F4NO6. The maximum atomic E-state index is 14.1. The molecule has 0 aliphatic heterocycles. The SMILES string of the molecule is CCCCCCCCCCCCCC[C@@H](O)[C@@H](O)[C@H](COC[C@H](O)[C@@H](O)CO)NC(CCCCCCCCCCc1ccc(F)cc1)C(F)(F)F. The summed E-state index contributed by atoms with van der Waals surface area (Å²) >= 11 is 0. The van der Waals surface area contributed by atoms with E-state index in [1.807, 2.05) is 0 Å². The van der Waals surface area contributed by atoms with Gasteiger partial charge >= 0.3 is 6.18 Å². The molecule has 0 saturated carbocycles. The first-order valence-electron chi connectivity index (χ1n) is 20.0. The van der Waals surface area contributed by atoms with Crippen LogP contribution in [0.1, 0.15) is 154 Å². The summed E-state index contributed by atoms with van der Waals surface area (Å²) in [4.78, 5) is 0. The highest BCUT2D eigenvalue weighted by Crippen LogP contribution is 2.26. The fraction of sp³-hybridized carbons (Fsp3) is 0.850. The van der Waals surface area contributed by atoms with Gasteiger partial charge in [-0.2, -0.15) is 13.2 Å². The number of hydrogen-bond donors (Lipinski definition) is 6. The van der Waals surface area contributed by atoms with E-state index in [9.17, 15) is 38.0 Å². The van der Waals surface area contributed by atoms with E-state index in [4.69, 9.17) is 9.84 Å². The van der Waals surface area contributed by atoms with Crippen LogP contribution in [0.4, 0.5) is 17.6 Å². The fourth-order valence-electron chi connectivity index (χ4n) is 6.42. The highest BCUT2D eigenvalue weighted by atomic mass is 19.4. The Morgan fingerprint density at radius 1 is 0.608 bits per heavy atom. The summed E-state index contributed by atoms with van der Waals surface area (Å²) in [6.07, 6.45) is 11.1. The largest absolute Gasteiger partial charge is 0.403 e. The zero-order valence-corrected chi connectivity index (χ0v) is 31.3. The summed E-state index contributed by atoms with van der Waals surface area (Å²) < 4.78 is 60.8. The Hall–Kier alpha value is -1.34. The van der Waals surface area contributed by atoms with E-state index in [0.717, 1.165) is 76.2 Å². The van der Waals surface area contributed by atoms with Crippen molar-refractivity contribution in [1.82, 2.24) is 5.32 Å². The molecule has 0 fully saturated rings. The average Bonchev–Trinajstić information content (AvgIpc) is 3.10. The van der Waals surface area contributed by atoms with Crippen molar-refractivity contribution in [3.63, 3.8) is 0 Å². The van der Waals surface area contributed by atoms with Crippen LogP contribution < -0.4 is 5.32 Å². The summed E-state index contributed by atoms with van der Waals surface area (Å²) in [6.45, 7) is 0.619. The van der Waals surface area contributed by atoms with Crippen molar-refractivity contribution >= 4 is 0 Å². The van der Waals surface area contributed by atoms with Gasteiger partial charge in [0.15, 0.2) is 0 Å². The molecule has 0 radical (unpaired) electrons. The van der Waals surface area contributed by atoms with Crippen molar-refractivity contribution in [1.29, 1.82) is 0 Å². The molecule has 0 bridgehead atoms. The first-order chi connectivity index (χ1) is 24.5. The molecule has 0 aliphatic carbocycles.